The van der Waals surface area contributed by atoms with Crippen LogP contribution in [0.4, 0.5) is 0 Å². The molecule has 9 heteroatoms. The lowest BCUT2D eigenvalue weighted by Crippen LogP contribution is -2.31. The third-order valence-electron chi connectivity index (χ3n) is 4.86. The maximum Gasteiger partial charge on any atom is 0.231 e. The summed E-state index contributed by atoms with van der Waals surface area (Å²) < 4.78 is 19.3. The van der Waals surface area contributed by atoms with Gasteiger partial charge in [-0.3, -0.25) is 4.79 Å². The van der Waals surface area contributed by atoms with Crippen molar-refractivity contribution in [3.63, 3.8) is 0 Å². The minimum absolute atomic E-state index is 0.00303. The molecule has 1 fully saturated rings. The fraction of sp³-hybridized carbons (Fsp3) is 0.333. The van der Waals surface area contributed by atoms with Crippen molar-refractivity contribution in [2.75, 3.05) is 6.61 Å². The van der Waals surface area contributed by atoms with E-state index in [4.69, 9.17) is 13.9 Å². The molecule has 154 valence electrons. The number of fused-ring (bicyclic) bond motifs is 2. The molecule has 1 aliphatic rings. The highest BCUT2D eigenvalue weighted by atomic mass is 16.5. The molecule has 1 saturated heterocycles. The summed E-state index contributed by atoms with van der Waals surface area (Å²) in [6.45, 7) is 4.28. The Morgan fingerprint density at radius 1 is 1.30 bits per heavy atom. The van der Waals surface area contributed by atoms with Crippen LogP contribution in [0.15, 0.2) is 41.1 Å². The highest BCUT2D eigenvalue weighted by Gasteiger charge is 2.21. The van der Waals surface area contributed by atoms with Crippen LogP contribution in [0.25, 0.3) is 28.1 Å². The van der Waals surface area contributed by atoms with Crippen LogP contribution in [0.2, 0.25) is 0 Å². The van der Waals surface area contributed by atoms with Crippen molar-refractivity contribution in [1.82, 2.24) is 24.9 Å². The lowest BCUT2D eigenvalue weighted by atomic mass is 10.2. The predicted octanol–water partition coefficient (Wildman–Crippen LogP) is 2.98. The zero-order valence-electron chi connectivity index (χ0n) is 16.7. The van der Waals surface area contributed by atoms with Crippen molar-refractivity contribution in [3.8, 4) is 23.2 Å². The van der Waals surface area contributed by atoms with Crippen molar-refractivity contribution in [3.05, 3.63) is 36.7 Å². The van der Waals surface area contributed by atoms with E-state index in [0.29, 0.717) is 47.5 Å². The van der Waals surface area contributed by atoms with Gasteiger partial charge in [0.15, 0.2) is 11.4 Å². The van der Waals surface area contributed by atoms with Crippen LogP contribution >= 0.6 is 0 Å². The summed E-state index contributed by atoms with van der Waals surface area (Å²) in [5, 5.41) is 8.22. The van der Waals surface area contributed by atoms with Gasteiger partial charge < -0.3 is 19.2 Å². The number of carbonyl (C=O) groups is 1. The predicted molar refractivity (Wildman–Crippen MR) is 108 cm³/mol. The molecular formula is C21H21N5O4. The first-order valence-corrected chi connectivity index (χ1v) is 9.89. The Bertz CT molecular complexity index is 1230. The summed E-state index contributed by atoms with van der Waals surface area (Å²) in [6.07, 6.45) is 4.68. The summed E-state index contributed by atoms with van der Waals surface area (Å²) >= 11 is 0. The minimum atomic E-state index is 0.00303. The summed E-state index contributed by atoms with van der Waals surface area (Å²) in [4.78, 5) is 20.1. The van der Waals surface area contributed by atoms with Crippen molar-refractivity contribution >= 4 is 22.5 Å². The number of aromatic nitrogens is 4. The molecule has 0 bridgehead atoms. The molecule has 1 amide bonds. The highest BCUT2D eigenvalue weighted by Crippen LogP contribution is 2.32. The first-order chi connectivity index (χ1) is 14.6. The lowest BCUT2D eigenvalue weighted by molar-refractivity contribution is -0.119. The Hall–Kier alpha value is -3.62. The third-order valence-corrected chi connectivity index (χ3v) is 4.86. The summed E-state index contributed by atoms with van der Waals surface area (Å²) in [6, 6.07) is 7.29. The smallest absolute Gasteiger partial charge is 0.231 e. The Labute approximate surface area is 172 Å². The van der Waals surface area contributed by atoms with Gasteiger partial charge in [-0.15, -0.1) is 5.10 Å². The molecule has 9 nitrogen and oxygen atoms in total. The van der Waals surface area contributed by atoms with E-state index in [1.165, 1.54) is 0 Å². The second-order valence-electron chi connectivity index (χ2n) is 7.50. The second kappa shape index (κ2) is 7.33. The maximum atomic E-state index is 11.3. The quantitative estimate of drug-likeness (QED) is 0.524. The van der Waals surface area contributed by atoms with Crippen molar-refractivity contribution in [2.45, 2.75) is 38.8 Å². The Morgan fingerprint density at radius 3 is 3.00 bits per heavy atom. The van der Waals surface area contributed by atoms with Gasteiger partial charge in [-0.1, -0.05) is 0 Å². The van der Waals surface area contributed by atoms with E-state index in [1.807, 2.05) is 26.0 Å². The number of nitrogens with zero attached hydrogens (tertiary/aromatic N) is 4. The third kappa shape index (κ3) is 3.42. The fourth-order valence-electron chi connectivity index (χ4n) is 3.47. The molecule has 30 heavy (non-hydrogen) atoms. The van der Waals surface area contributed by atoms with Gasteiger partial charge in [0.05, 0.1) is 23.7 Å². The average molecular weight is 407 g/mol. The van der Waals surface area contributed by atoms with E-state index in [-0.39, 0.29) is 18.1 Å². The molecule has 0 aliphatic carbocycles. The summed E-state index contributed by atoms with van der Waals surface area (Å²) in [5.41, 5.74) is 2.04. The maximum absolute atomic E-state index is 11.3. The van der Waals surface area contributed by atoms with Crippen molar-refractivity contribution in [1.29, 1.82) is 0 Å². The van der Waals surface area contributed by atoms with Gasteiger partial charge in [0.1, 0.15) is 17.9 Å². The SMILES string of the molecule is CC(C)Oc1nccc2oc(-c3cnc4ccc(OC[C@H]5CCC(=O)N5)nn34)cc12. The molecule has 0 saturated carbocycles. The molecular weight excluding hydrogens is 386 g/mol. The monoisotopic (exact) mass is 407 g/mol. The number of nitrogens with one attached hydrogen (secondary N) is 1. The van der Waals surface area contributed by atoms with Crippen LogP contribution in [0.1, 0.15) is 26.7 Å². The number of furan rings is 1. The van der Waals surface area contributed by atoms with E-state index in [9.17, 15) is 4.79 Å². The molecule has 5 heterocycles. The normalized spacial score (nSPS) is 16.5. The van der Waals surface area contributed by atoms with Gasteiger partial charge in [-0.2, -0.15) is 0 Å². The molecule has 0 unspecified atom stereocenters. The molecule has 1 atom stereocenters. The zero-order valence-corrected chi connectivity index (χ0v) is 16.7. The summed E-state index contributed by atoms with van der Waals surface area (Å²) in [7, 11) is 0. The van der Waals surface area contributed by atoms with Crippen LogP contribution in [0.5, 0.6) is 11.8 Å². The van der Waals surface area contributed by atoms with Crippen LogP contribution in [-0.4, -0.2) is 44.2 Å². The number of hydrogen-bond acceptors (Lipinski definition) is 7. The fourth-order valence-corrected chi connectivity index (χ4v) is 3.47. The lowest BCUT2D eigenvalue weighted by Gasteiger charge is -2.11. The number of imidazole rings is 1. The van der Waals surface area contributed by atoms with Crippen LogP contribution in [0, 0.1) is 0 Å². The molecule has 0 spiro atoms. The number of ether oxygens (including phenoxy) is 2. The molecule has 1 aliphatic heterocycles. The van der Waals surface area contributed by atoms with E-state index >= 15 is 0 Å². The van der Waals surface area contributed by atoms with E-state index in [2.05, 4.69) is 20.4 Å². The van der Waals surface area contributed by atoms with E-state index in [0.717, 1.165) is 11.8 Å². The van der Waals surface area contributed by atoms with Crippen LogP contribution in [0.3, 0.4) is 0 Å². The Morgan fingerprint density at radius 2 is 2.20 bits per heavy atom. The molecule has 5 rings (SSSR count). The van der Waals surface area contributed by atoms with Gasteiger partial charge in [0.25, 0.3) is 0 Å². The first-order valence-electron chi connectivity index (χ1n) is 9.89. The van der Waals surface area contributed by atoms with Gasteiger partial charge in [0, 0.05) is 24.8 Å². The number of rotatable bonds is 6. The molecule has 4 aromatic heterocycles. The Balaban J connectivity index is 1.46. The second-order valence-corrected chi connectivity index (χ2v) is 7.50. The molecule has 0 aromatic carbocycles. The van der Waals surface area contributed by atoms with E-state index in [1.54, 1.807) is 29.0 Å². The molecule has 4 aromatic rings. The topological polar surface area (TPSA) is 104 Å². The van der Waals surface area contributed by atoms with Gasteiger partial charge in [-0.25, -0.2) is 14.5 Å². The molecule has 1 N–H and O–H groups in total. The summed E-state index contributed by atoms with van der Waals surface area (Å²) in [5.74, 6) is 1.64. The van der Waals surface area contributed by atoms with Gasteiger partial charge in [-0.05, 0) is 32.4 Å². The standard InChI is InChI=1S/C21H21N5O4/c1-12(2)29-21-14-9-17(30-16(14)7-8-22-21)15-10-23-18-4-6-20(25-26(15)18)28-11-13-3-5-19(27)24-13/h4,6-10,12-13H,3,5,11H2,1-2H3,(H,24,27)/t13-/m1/s1. The highest BCUT2D eigenvalue weighted by molar-refractivity contribution is 5.86. The van der Waals surface area contributed by atoms with Crippen molar-refractivity contribution in [2.24, 2.45) is 0 Å². The zero-order chi connectivity index (χ0) is 20.7. The van der Waals surface area contributed by atoms with Gasteiger partial charge >= 0.3 is 0 Å². The number of amides is 1. The van der Waals surface area contributed by atoms with Gasteiger partial charge in [0.2, 0.25) is 17.7 Å². The van der Waals surface area contributed by atoms with Crippen LogP contribution in [-0.2, 0) is 4.79 Å². The van der Waals surface area contributed by atoms with E-state index < -0.39 is 0 Å². The minimum Gasteiger partial charge on any atom is -0.474 e. The Kier molecular flexibility index (Phi) is 4.50. The van der Waals surface area contributed by atoms with Crippen molar-refractivity contribution < 1.29 is 18.7 Å². The van der Waals surface area contributed by atoms with Crippen LogP contribution < -0.4 is 14.8 Å². The number of pyridine rings is 1. The largest absolute Gasteiger partial charge is 0.474 e. The molecule has 0 radical (unpaired) electrons. The average Bonchev–Trinajstić information content (AvgIpc) is 3.43. The first kappa shape index (κ1) is 18.4. The number of carbonyl (C=O) groups excluding carboxylic acids is 1. The number of hydrogen-bond donors (Lipinski definition) is 1.